The van der Waals surface area contributed by atoms with Crippen LogP contribution in [0.15, 0.2) is 84.0 Å². The maximum atomic E-state index is 13.5. The molecule has 6 heteroatoms. The number of fused-ring (bicyclic) bond motifs is 1. The minimum absolute atomic E-state index is 0.181. The average Bonchev–Trinajstić information content (AvgIpc) is 3.15. The fourth-order valence-corrected chi connectivity index (χ4v) is 4.06. The second-order valence-corrected chi connectivity index (χ2v) is 7.75. The molecular formula is C23H20FN3OS. The summed E-state index contributed by atoms with van der Waals surface area (Å²) < 4.78 is 15.4. The molecule has 0 aliphatic rings. The molecule has 29 heavy (non-hydrogen) atoms. The SMILES string of the molecule is C[C@H](NC(=O)c1ccccc1SCc1cn2ccccc2n1)c1cccc(F)c1. The first-order chi connectivity index (χ1) is 14.1. The normalized spacial score (nSPS) is 12.1. The van der Waals surface area contributed by atoms with Gasteiger partial charge in [0.25, 0.3) is 5.91 Å². The number of nitrogens with zero attached hydrogens (tertiary/aromatic N) is 2. The predicted molar refractivity (Wildman–Crippen MR) is 113 cm³/mol. The van der Waals surface area contributed by atoms with Gasteiger partial charge in [0.1, 0.15) is 11.5 Å². The molecule has 0 aliphatic carbocycles. The number of amides is 1. The Morgan fingerprint density at radius 3 is 2.79 bits per heavy atom. The van der Waals surface area contributed by atoms with E-state index >= 15 is 0 Å². The van der Waals surface area contributed by atoms with E-state index in [4.69, 9.17) is 0 Å². The van der Waals surface area contributed by atoms with Gasteiger partial charge >= 0.3 is 0 Å². The Bertz CT molecular complexity index is 1120. The van der Waals surface area contributed by atoms with E-state index in [2.05, 4.69) is 10.3 Å². The largest absolute Gasteiger partial charge is 0.345 e. The molecule has 1 atom stereocenters. The summed E-state index contributed by atoms with van der Waals surface area (Å²) >= 11 is 1.57. The highest BCUT2D eigenvalue weighted by Crippen LogP contribution is 2.27. The number of carbonyl (C=O) groups excluding carboxylic acids is 1. The van der Waals surface area contributed by atoms with Gasteiger partial charge in [0.2, 0.25) is 0 Å². The van der Waals surface area contributed by atoms with Gasteiger partial charge in [-0.3, -0.25) is 4.79 Å². The fraction of sp³-hybridized carbons (Fsp3) is 0.130. The Labute approximate surface area is 172 Å². The number of benzene rings is 2. The van der Waals surface area contributed by atoms with Crippen molar-refractivity contribution >= 4 is 23.3 Å². The summed E-state index contributed by atoms with van der Waals surface area (Å²) in [4.78, 5) is 18.3. The smallest absolute Gasteiger partial charge is 0.252 e. The van der Waals surface area contributed by atoms with Crippen LogP contribution in [0.3, 0.4) is 0 Å². The molecule has 4 aromatic rings. The Hall–Kier alpha value is -3.12. The second-order valence-electron chi connectivity index (χ2n) is 6.73. The van der Waals surface area contributed by atoms with Gasteiger partial charge in [0, 0.05) is 23.0 Å². The first kappa shape index (κ1) is 19.2. The molecule has 0 aliphatic heterocycles. The molecule has 4 rings (SSSR count). The van der Waals surface area contributed by atoms with Crippen LogP contribution in [0.1, 0.15) is 34.6 Å². The van der Waals surface area contributed by atoms with Gasteiger partial charge in [-0.15, -0.1) is 11.8 Å². The Morgan fingerprint density at radius 2 is 1.97 bits per heavy atom. The quantitative estimate of drug-likeness (QED) is 0.445. The Balaban J connectivity index is 1.47. The van der Waals surface area contributed by atoms with E-state index in [1.807, 2.05) is 60.1 Å². The lowest BCUT2D eigenvalue weighted by Crippen LogP contribution is -2.27. The molecule has 0 radical (unpaired) electrons. The van der Waals surface area contributed by atoms with Gasteiger partial charge in [0.05, 0.1) is 17.3 Å². The Morgan fingerprint density at radius 1 is 1.14 bits per heavy atom. The van der Waals surface area contributed by atoms with Gasteiger partial charge in [-0.05, 0) is 48.9 Å². The van der Waals surface area contributed by atoms with Crippen molar-refractivity contribution in [3.63, 3.8) is 0 Å². The summed E-state index contributed by atoms with van der Waals surface area (Å²) in [7, 11) is 0. The molecule has 0 saturated heterocycles. The van der Waals surface area contributed by atoms with Crippen LogP contribution in [0.2, 0.25) is 0 Å². The summed E-state index contributed by atoms with van der Waals surface area (Å²) in [6.45, 7) is 1.85. The molecule has 146 valence electrons. The molecule has 2 heterocycles. The van der Waals surface area contributed by atoms with Crippen LogP contribution in [-0.2, 0) is 5.75 Å². The molecule has 4 nitrogen and oxygen atoms in total. The van der Waals surface area contributed by atoms with Crippen LogP contribution >= 0.6 is 11.8 Å². The highest BCUT2D eigenvalue weighted by Gasteiger charge is 2.15. The third-order valence-corrected chi connectivity index (χ3v) is 5.72. The highest BCUT2D eigenvalue weighted by molar-refractivity contribution is 7.98. The van der Waals surface area contributed by atoms with Crippen molar-refractivity contribution in [3.05, 3.63) is 102 Å². The van der Waals surface area contributed by atoms with Gasteiger partial charge < -0.3 is 9.72 Å². The number of rotatable bonds is 6. The number of hydrogen-bond donors (Lipinski definition) is 1. The van der Waals surface area contributed by atoms with Crippen molar-refractivity contribution < 1.29 is 9.18 Å². The number of carbonyl (C=O) groups is 1. The van der Waals surface area contributed by atoms with E-state index in [1.54, 1.807) is 30.0 Å². The number of thioether (sulfide) groups is 1. The molecule has 0 fully saturated rings. The van der Waals surface area contributed by atoms with Crippen LogP contribution in [-0.4, -0.2) is 15.3 Å². The number of aromatic nitrogens is 2. The zero-order valence-corrected chi connectivity index (χ0v) is 16.7. The summed E-state index contributed by atoms with van der Waals surface area (Å²) in [6.07, 6.45) is 3.96. The van der Waals surface area contributed by atoms with Crippen LogP contribution < -0.4 is 5.32 Å². The van der Waals surface area contributed by atoms with Crippen molar-refractivity contribution in [2.45, 2.75) is 23.6 Å². The van der Waals surface area contributed by atoms with E-state index in [0.717, 1.165) is 21.8 Å². The zero-order valence-electron chi connectivity index (χ0n) is 15.9. The van der Waals surface area contributed by atoms with E-state index < -0.39 is 0 Å². The lowest BCUT2D eigenvalue weighted by atomic mass is 10.1. The third-order valence-electron chi connectivity index (χ3n) is 4.62. The van der Waals surface area contributed by atoms with Gasteiger partial charge in [-0.25, -0.2) is 9.37 Å². The van der Waals surface area contributed by atoms with Crippen LogP contribution in [0, 0.1) is 5.82 Å². The molecule has 2 aromatic heterocycles. The first-order valence-corrected chi connectivity index (χ1v) is 10.3. The zero-order chi connectivity index (χ0) is 20.2. The highest BCUT2D eigenvalue weighted by atomic mass is 32.2. The van der Waals surface area contributed by atoms with Crippen molar-refractivity contribution in [1.82, 2.24) is 14.7 Å². The summed E-state index contributed by atoms with van der Waals surface area (Å²) in [5, 5.41) is 2.96. The van der Waals surface area contributed by atoms with Gasteiger partial charge in [-0.2, -0.15) is 0 Å². The summed E-state index contributed by atoms with van der Waals surface area (Å²) in [5.41, 5.74) is 3.18. The van der Waals surface area contributed by atoms with E-state index in [-0.39, 0.29) is 17.8 Å². The van der Waals surface area contributed by atoms with Crippen molar-refractivity contribution in [1.29, 1.82) is 0 Å². The molecule has 0 bridgehead atoms. The van der Waals surface area contributed by atoms with Crippen molar-refractivity contribution in [2.24, 2.45) is 0 Å². The topological polar surface area (TPSA) is 46.4 Å². The number of hydrogen-bond acceptors (Lipinski definition) is 3. The molecular weight excluding hydrogens is 385 g/mol. The monoisotopic (exact) mass is 405 g/mol. The minimum Gasteiger partial charge on any atom is -0.345 e. The van der Waals surface area contributed by atoms with Crippen LogP contribution in [0.25, 0.3) is 5.65 Å². The molecule has 1 N–H and O–H groups in total. The number of halogens is 1. The van der Waals surface area contributed by atoms with E-state index in [0.29, 0.717) is 11.3 Å². The predicted octanol–water partition coefficient (Wildman–Crippen LogP) is 5.26. The average molecular weight is 405 g/mol. The number of pyridine rings is 1. The molecule has 0 unspecified atom stereocenters. The molecule has 0 saturated carbocycles. The second kappa shape index (κ2) is 8.49. The molecule has 1 amide bonds. The number of nitrogens with one attached hydrogen (secondary N) is 1. The van der Waals surface area contributed by atoms with Crippen molar-refractivity contribution in [2.75, 3.05) is 0 Å². The van der Waals surface area contributed by atoms with Crippen LogP contribution in [0.4, 0.5) is 4.39 Å². The lowest BCUT2D eigenvalue weighted by molar-refractivity contribution is 0.0937. The molecule has 0 spiro atoms. The van der Waals surface area contributed by atoms with Crippen molar-refractivity contribution in [3.8, 4) is 0 Å². The maximum Gasteiger partial charge on any atom is 0.252 e. The summed E-state index contributed by atoms with van der Waals surface area (Å²) in [5.74, 6) is 0.165. The standard InChI is InChI=1S/C23H20FN3OS/c1-16(17-7-6-8-18(24)13-17)25-23(28)20-9-2-3-10-21(20)29-15-19-14-27-12-5-4-11-22(27)26-19/h2-14,16H,15H2,1H3,(H,25,28)/t16-/m0/s1. The summed E-state index contributed by atoms with van der Waals surface area (Å²) in [6, 6.07) is 19.4. The Kier molecular flexibility index (Phi) is 5.62. The first-order valence-electron chi connectivity index (χ1n) is 9.31. The van der Waals surface area contributed by atoms with E-state index in [1.165, 1.54) is 12.1 Å². The number of imidazole rings is 1. The maximum absolute atomic E-state index is 13.5. The van der Waals surface area contributed by atoms with Crippen LogP contribution in [0.5, 0.6) is 0 Å². The lowest BCUT2D eigenvalue weighted by Gasteiger charge is -2.16. The minimum atomic E-state index is -0.313. The van der Waals surface area contributed by atoms with E-state index in [9.17, 15) is 9.18 Å². The van der Waals surface area contributed by atoms with Gasteiger partial charge in [0.15, 0.2) is 0 Å². The van der Waals surface area contributed by atoms with Gasteiger partial charge in [-0.1, -0.05) is 30.3 Å². The fourth-order valence-electron chi connectivity index (χ4n) is 3.12. The molecule has 2 aromatic carbocycles. The third kappa shape index (κ3) is 4.49.